The second kappa shape index (κ2) is 7.92. The predicted octanol–water partition coefficient (Wildman–Crippen LogP) is 2.20. The number of nitrogens with one attached hydrogen (secondary N) is 1. The normalized spacial score (nSPS) is 16.3. The van der Waals surface area contributed by atoms with Crippen molar-refractivity contribution in [2.75, 3.05) is 13.3 Å². The minimum Gasteiger partial charge on any atom is -0.428 e. The summed E-state index contributed by atoms with van der Waals surface area (Å²) in [6.45, 7) is 2.23. The van der Waals surface area contributed by atoms with Crippen molar-refractivity contribution in [1.82, 2.24) is 5.32 Å². The van der Waals surface area contributed by atoms with Crippen LogP contribution in [0.25, 0.3) is 0 Å². The van der Waals surface area contributed by atoms with E-state index in [1.165, 1.54) is 6.42 Å². The van der Waals surface area contributed by atoms with E-state index in [1.807, 2.05) is 6.92 Å². The van der Waals surface area contributed by atoms with Gasteiger partial charge in [-0.1, -0.05) is 26.2 Å². The van der Waals surface area contributed by atoms with E-state index in [1.54, 1.807) is 0 Å². The van der Waals surface area contributed by atoms with Crippen molar-refractivity contribution in [3.63, 3.8) is 0 Å². The summed E-state index contributed by atoms with van der Waals surface area (Å²) in [6.07, 6.45) is 5.44. The molecule has 1 aliphatic carbocycles. The topological polar surface area (TPSA) is 64.6 Å². The fourth-order valence-electron chi connectivity index (χ4n) is 1.88. The molecule has 0 aromatic heterocycles. The smallest absolute Gasteiger partial charge is 0.410 e. The van der Waals surface area contributed by atoms with E-state index in [9.17, 15) is 9.59 Å². The van der Waals surface area contributed by atoms with Crippen molar-refractivity contribution >= 4 is 12.1 Å². The lowest BCUT2D eigenvalue weighted by atomic mass is 9.89. The van der Waals surface area contributed by atoms with Gasteiger partial charge in [-0.15, -0.1) is 0 Å². The number of rotatable bonds is 5. The fraction of sp³-hybridized carbons (Fsp3) is 0.833. The molecule has 1 saturated carbocycles. The second-order valence-corrected chi connectivity index (χ2v) is 4.27. The van der Waals surface area contributed by atoms with Crippen LogP contribution in [0.1, 0.15) is 45.4 Å². The molecule has 0 aromatic carbocycles. The maximum Gasteiger partial charge on any atom is 0.410 e. The van der Waals surface area contributed by atoms with E-state index in [2.05, 4.69) is 5.32 Å². The standard InChI is InChI=1S/C12H21NO4/c1-2-8-13-12(15)17-9-16-11(14)10-6-4-3-5-7-10/h10H,2-9H2,1H3,(H,13,15). The average Bonchev–Trinajstić information content (AvgIpc) is 2.37. The van der Waals surface area contributed by atoms with Gasteiger partial charge < -0.3 is 14.8 Å². The number of amides is 1. The molecular weight excluding hydrogens is 222 g/mol. The summed E-state index contributed by atoms with van der Waals surface area (Å²) in [5, 5.41) is 2.53. The maximum atomic E-state index is 11.6. The highest BCUT2D eigenvalue weighted by Gasteiger charge is 2.22. The van der Waals surface area contributed by atoms with Gasteiger partial charge in [0.05, 0.1) is 5.92 Å². The molecule has 0 spiro atoms. The van der Waals surface area contributed by atoms with Crippen LogP contribution in [0.3, 0.4) is 0 Å². The summed E-state index contributed by atoms with van der Waals surface area (Å²) in [5.41, 5.74) is 0. The summed E-state index contributed by atoms with van der Waals surface area (Å²) in [7, 11) is 0. The third-order valence-corrected chi connectivity index (χ3v) is 2.85. The number of ether oxygens (including phenoxy) is 2. The number of alkyl carbamates (subject to hydrolysis) is 1. The zero-order valence-electron chi connectivity index (χ0n) is 10.4. The molecule has 0 atom stereocenters. The van der Waals surface area contributed by atoms with Gasteiger partial charge in [0, 0.05) is 6.54 Å². The van der Waals surface area contributed by atoms with Crippen molar-refractivity contribution in [2.24, 2.45) is 5.92 Å². The van der Waals surface area contributed by atoms with E-state index >= 15 is 0 Å². The number of carbonyl (C=O) groups is 2. The van der Waals surface area contributed by atoms with Crippen molar-refractivity contribution < 1.29 is 19.1 Å². The van der Waals surface area contributed by atoms with E-state index in [0.717, 1.165) is 32.1 Å². The Morgan fingerprint density at radius 2 is 1.88 bits per heavy atom. The summed E-state index contributed by atoms with van der Waals surface area (Å²) >= 11 is 0. The number of hydrogen-bond acceptors (Lipinski definition) is 4. The summed E-state index contributed by atoms with van der Waals surface area (Å²) in [5.74, 6) is -0.251. The Morgan fingerprint density at radius 3 is 2.53 bits per heavy atom. The van der Waals surface area contributed by atoms with E-state index in [0.29, 0.717) is 6.54 Å². The second-order valence-electron chi connectivity index (χ2n) is 4.27. The Balaban J connectivity index is 2.08. The molecule has 0 heterocycles. The summed E-state index contributed by atoms with van der Waals surface area (Å²) < 4.78 is 9.62. The molecule has 17 heavy (non-hydrogen) atoms. The van der Waals surface area contributed by atoms with Gasteiger partial charge in [0.15, 0.2) is 0 Å². The molecule has 1 fully saturated rings. The SMILES string of the molecule is CCCNC(=O)OCOC(=O)C1CCCCC1. The monoisotopic (exact) mass is 243 g/mol. The van der Waals surface area contributed by atoms with Crippen LogP contribution in [0.2, 0.25) is 0 Å². The molecule has 1 rings (SSSR count). The third kappa shape index (κ3) is 5.56. The largest absolute Gasteiger partial charge is 0.428 e. The minimum atomic E-state index is -0.539. The zero-order valence-corrected chi connectivity index (χ0v) is 10.4. The predicted molar refractivity (Wildman–Crippen MR) is 62.3 cm³/mol. The Kier molecular flexibility index (Phi) is 6.43. The molecule has 0 aliphatic heterocycles. The molecule has 5 nitrogen and oxygen atoms in total. The minimum absolute atomic E-state index is 0.00828. The summed E-state index contributed by atoms with van der Waals surface area (Å²) in [6, 6.07) is 0. The molecule has 0 bridgehead atoms. The molecule has 0 saturated heterocycles. The number of hydrogen-bond donors (Lipinski definition) is 1. The molecule has 5 heteroatoms. The van der Waals surface area contributed by atoms with Gasteiger partial charge >= 0.3 is 12.1 Å². The fourth-order valence-corrected chi connectivity index (χ4v) is 1.88. The first-order chi connectivity index (χ1) is 8.24. The first-order valence-corrected chi connectivity index (χ1v) is 6.31. The zero-order chi connectivity index (χ0) is 12.5. The number of esters is 1. The Bertz CT molecular complexity index is 249. The highest BCUT2D eigenvalue weighted by Crippen LogP contribution is 2.24. The third-order valence-electron chi connectivity index (χ3n) is 2.85. The van der Waals surface area contributed by atoms with Gasteiger partial charge in [-0.05, 0) is 19.3 Å². The van der Waals surface area contributed by atoms with Crippen molar-refractivity contribution in [1.29, 1.82) is 0 Å². The van der Waals surface area contributed by atoms with Crippen LogP contribution in [0, 0.1) is 5.92 Å². The van der Waals surface area contributed by atoms with E-state index in [4.69, 9.17) is 9.47 Å². The molecule has 1 N–H and O–H groups in total. The average molecular weight is 243 g/mol. The lowest BCUT2D eigenvalue weighted by molar-refractivity contribution is -0.157. The van der Waals surface area contributed by atoms with Crippen molar-refractivity contribution in [3.8, 4) is 0 Å². The van der Waals surface area contributed by atoms with Crippen LogP contribution in [0.5, 0.6) is 0 Å². The van der Waals surface area contributed by atoms with Crippen molar-refractivity contribution in [2.45, 2.75) is 45.4 Å². The van der Waals surface area contributed by atoms with Crippen LogP contribution in [-0.4, -0.2) is 25.4 Å². The quantitative estimate of drug-likeness (QED) is 0.594. The lowest BCUT2D eigenvalue weighted by Gasteiger charge is -2.19. The van der Waals surface area contributed by atoms with Gasteiger partial charge in [-0.2, -0.15) is 0 Å². The highest BCUT2D eigenvalue weighted by atomic mass is 16.7. The van der Waals surface area contributed by atoms with Crippen LogP contribution in [0.15, 0.2) is 0 Å². The van der Waals surface area contributed by atoms with E-state index < -0.39 is 6.09 Å². The van der Waals surface area contributed by atoms with Crippen LogP contribution < -0.4 is 5.32 Å². The van der Waals surface area contributed by atoms with Gasteiger partial charge in [-0.25, -0.2) is 4.79 Å². The molecule has 0 radical (unpaired) electrons. The Hall–Kier alpha value is -1.26. The van der Waals surface area contributed by atoms with Crippen LogP contribution in [-0.2, 0) is 14.3 Å². The lowest BCUT2D eigenvalue weighted by Crippen LogP contribution is -2.27. The van der Waals surface area contributed by atoms with Gasteiger partial charge in [0.25, 0.3) is 0 Å². The maximum absolute atomic E-state index is 11.6. The molecule has 1 amide bonds. The molecule has 0 aromatic rings. The van der Waals surface area contributed by atoms with Crippen LogP contribution in [0.4, 0.5) is 4.79 Å². The Morgan fingerprint density at radius 1 is 1.18 bits per heavy atom. The van der Waals surface area contributed by atoms with Gasteiger partial charge in [0.1, 0.15) is 0 Å². The van der Waals surface area contributed by atoms with Crippen molar-refractivity contribution in [3.05, 3.63) is 0 Å². The first kappa shape index (κ1) is 13.8. The number of carbonyl (C=O) groups excluding carboxylic acids is 2. The molecule has 98 valence electrons. The Labute approximate surface area is 102 Å². The molecule has 0 unspecified atom stereocenters. The summed E-state index contributed by atoms with van der Waals surface area (Å²) in [4.78, 5) is 22.6. The molecular formula is C12H21NO4. The molecule has 1 aliphatic rings. The van der Waals surface area contributed by atoms with Crippen LogP contribution >= 0.6 is 0 Å². The highest BCUT2D eigenvalue weighted by molar-refractivity contribution is 5.72. The first-order valence-electron chi connectivity index (χ1n) is 6.31. The van der Waals surface area contributed by atoms with Gasteiger partial charge in [-0.3, -0.25) is 4.79 Å². The van der Waals surface area contributed by atoms with Gasteiger partial charge in [0.2, 0.25) is 6.79 Å². The van der Waals surface area contributed by atoms with E-state index in [-0.39, 0.29) is 18.7 Å².